The van der Waals surface area contributed by atoms with Crippen molar-refractivity contribution in [2.24, 2.45) is 0 Å². The number of rotatable bonds is 8. The predicted octanol–water partition coefficient (Wildman–Crippen LogP) is 0.658. The Morgan fingerprint density at radius 3 is 2.14 bits per heavy atom. The highest BCUT2D eigenvalue weighted by molar-refractivity contribution is 7.89. The molecule has 0 rings (SSSR count). The molecule has 4 nitrogen and oxygen atoms in total. The average molecular weight is 222 g/mol. The maximum Gasteiger partial charge on any atom is 0.214 e. The molecule has 14 heavy (non-hydrogen) atoms. The molecule has 0 spiro atoms. The molecule has 0 saturated carbocycles. The van der Waals surface area contributed by atoms with Crippen LogP contribution < -0.4 is 5.32 Å². The average Bonchev–Trinajstić information content (AvgIpc) is 2.14. The molecule has 0 aliphatic rings. The lowest BCUT2D eigenvalue weighted by Crippen LogP contribution is -2.32. The minimum Gasteiger partial charge on any atom is -0.320 e. The van der Waals surface area contributed by atoms with Gasteiger partial charge in [0.2, 0.25) is 10.0 Å². The van der Waals surface area contributed by atoms with E-state index in [-0.39, 0.29) is 5.75 Å². The van der Waals surface area contributed by atoms with E-state index in [0.717, 1.165) is 19.4 Å². The van der Waals surface area contributed by atoms with Gasteiger partial charge in [-0.3, -0.25) is 0 Å². The molecule has 0 saturated heterocycles. The summed E-state index contributed by atoms with van der Waals surface area (Å²) in [5, 5.41) is 3.00. The molecule has 0 amide bonds. The number of unbranched alkanes of at least 4 members (excludes halogenated alkanes) is 1. The van der Waals surface area contributed by atoms with Gasteiger partial charge in [0.1, 0.15) is 0 Å². The SMILES string of the molecule is CCN(CC)S(=O)(=O)CCCCNC. The van der Waals surface area contributed by atoms with Gasteiger partial charge in [0.15, 0.2) is 0 Å². The fourth-order valence-electron chi connectivity index (χ4n) is 1.33. The lowest BCUT2D eigenvalue weighted by molar-refractivity contribution is 0.443. The second-order valence-corrected chi connectivity index (χ2v) is 5.30. The number of sulfonamides is 1. The second kappa shape index (κ2) is 7.20. The molecule has 0 aromatic heterocycles. The zero-order chi connectivity index (χ0) is 11.0. The van der Waals surface area contributed by atoms with Crippen molar-refractivity contribution in [2.45, 2.75) is 26.7 Å². The summed E-state index contributed by atoms with van der Waals surface area (Å²) < 4.78 is 24.8. The summed E-state index contributed by atoms with van der Waals surface area (Å²) >= 11 is 0. The molecular weight excluding hydrogens is 200 g/mol. The molecule has 0 aliphatic heterocycles. The van der Waals surface area contributed by atoms with E-state index in [0.29, 0.717) is 13.1 Å². The maximum atomic E-state index is 11.7. The molecule has 0 aromatic carbocycles. The van der Waals surface area contributed by atoms with Crippen LogP contribution in [0.15, 0.2) is 0 Å². The molecule has 0 fully saturated rings. The first-order valence-electron chi connectivity index (χ1n) is 5.20. The van der Waals surface area contributed by atoms with Gasteiger partial charge in [-0.2, -0.15) is 0 Å². The zero-order valence-corrected chi connectivity index (χ0v) is 10.2. The summed E-state index contributed by atoms with van der Waals surface area (Å²) in [6, 6.07) is 0. The summed E-state index contributed by atoms with van der Waals surface area (Å²) in [7, 11) is -1.12. The lowest BCUT2D eigenvalue weighted by Gasteiger charge is -2.18. The Morgan fingerprint density at radius 2 is 1.71 bits per heavy atom. The van der Waals surface area contributed by atoms with Gasteiger partial charge in [-0.15, -0.1) is 0 Å². The Kier molecular flexibility index (Phi) is 7.13. The largest absolute Gasteiger partial charge is 0.320 e. The molecule has 0 aliphatic carbocycles. The first-order chi connectivity index (χ1) is 6.58. The molecule has 0 bridgehead atoms. The van der Waals surface area contributed by atoms with Crippen LogP contribution in [0.4, 0.5) is 0 Å². The van der Waals surface area contributed by atoms with E-state index in [1.807, 2.05) is 20.9 Å². The molecule has 0 unspecified atom stereocenters. The van der Waals surface area contributed by atoms with Gasteiger partial charge in [-0.25, -0.2) is 12.7 Å². The summed E-state index contributed by atoms with van der Waals surface area (Å²) in [5.41, 5.74) is 0. The van der Waals surface area contributed by atoms with E-state index in [1.165, 1.54) is 4.31 Å². The second-order valence-electron chi connectivity index (χ2n) is 3.21. The Bertz CT molecular complexity index is 223. The van der Waals surface area contributed by atoms with E-state index < -0.39 is 10.0 Å². The summed E-state index contributed by atoms with van der Waals surface area (Å²) in [5.74, 6) is 0.274. The van der Waals surface area contributed by atoms with E-state index in [9.17, 15) is 8.42 Å². The monoisotopic (exact) mass is 222 g/mol. The van der Waals surface area contributed by atoms with Crippen LogP contribution in [0.25, 0.3) is 0 Å². The highest BCUT2D eigenvalue weighted by Gasteiger charge is 2.17. The molecule has 1 N–H and O–H groups in total. The first-order valence-corrected chi connectivity index (χ1v) is 6.81. The van der Waals surface area contributed by atoms with Crippen molar-refractivity contribution in [1.82, 2.24) is 9.62 Å². The lowest BCUT2D eigenvalue weighted by atomic mass is 10.3. The fraction of sp³-hybridized carbons (Fsp3) is 1.00. The third-order valence-electron chi connectivity index (χ3n) is 2.18. The van der Waals surface area contributed by atoms with Gasteiger partial charge in [0, 0.05) is 13.1 Å². The van der Waals surface area contributed by atoms with Crippen LogP contribution in [0.3, 0.4) is 0 Å². The van der Waals surface area contributed by atoms with Crippen LogP contribution in [0.5, 0.6) is 0 Å². The minimum absolute atomic E-state index is 0.274. The fourth-order valence-corrected chi connectivity index (χ4v) is 2.95. The van der Waals surface area contributed by atoms with Crippen molar-refractivity contribution >= 4 is 10.0 Å². The third kappa shape index (κ3) is 4.93. The van der Waals surface area contributed by atoms with E-state index >= 15 is 0 Å². The Balaban J connectivity index is 3.94. The standard InChI is InChI=1S/C9H22N2O2S/c1-4-11(5-2)14(12,13)9-7-6-8-10-3/h10H,4-9H2,1-3H3. The highest BCUT2D eigenvalue weighted by Crippen LogP contribution is 2.03. The van der Waals surface area contributed by atoms with Crippen molar-refractivity contribution in [3.8, 4) is 0 Å². The molecule has 0 heterocycles. The molecule has 0 atom stereocenters. The maximum absolute atomic E-state index is 11.7. The Morgan fingerprint density at radius 1 is 1.14 bits per heavy atom. The third-order valence-corrected chi connectivity index (χ3v) is 4.29. The predicted molar refractivity (Wildman–Crippen MR) is 59.9 cm³/mol. The summed E-state index contributed by atoms with van der Waals surface area (Å²) in [6.07, 6.45) is 1.65. The van der Waals surface area contributed by atoms with Crippen molar-refractivity contribution in [3.05, 3.63) is 0 Å². The molecular formula is C9H22N2O2S. The number of nitrogens with zero attached hydrogens (tertiary/aromatic N) is 1. The van der Waals surface area contributed by atoms with Crippen molar-refractivity contribution in [2.75, 3.05) is 32.4 Å². The van der Waals surface area contributed by atoms with Gasteiger partial charge in [0.05, 0.1) is 5.75 Å². The van der Waals surface area contributed by atoms with Crippen LogP contribution in [0.1, 0.15) is 26.7 Å². The number of nitrogens with one attached hydrogen (secondary N) is 1. The molecule has 86 valence electrons. The van der Waals surface area contributed by atoms with Gasteiger partial charge >= 0.3 is 0 Å². The Labute approximate surface area is 87.7 Å². The van der Waals surface area contributed by atoms with Crippen molar-refractivity contribution in [1.29, 1.82) is 0 Å². The van der Waals surface area contributed by atoms with Gasteiger partial charge < -0.3 is 5.32 Å². The van der Waals surface area contributed by atoms with Crippen LogP contribution in [0.2, 0.25) is 0 Å². The van der Waals surface area contributed by atoms with Crippen LogP contribution in [-0.2, 0) is 10.0 Å². The molecule has 0 aromatic rings. The van der Waals surface area contributed by atoms with E-state index in [1.54, 1.807) is 0 Å². The molecule has 5 heteroatoms. The van der Waals surface area contributed by atoms with Crippen LogP contribution >= 0.6 is 0 Å². The quantitative estimate of drug-likeness (QED) is 0.614. The number of hydrogen-bond acceptors (Lipinski definition) is 3. The first kappa shape index (κ1) is 13.9. The zero-order valence-electron chi connectivity index (χ0n) is 9.41. The van der Waals surface area contributed by atoms with Gasteiger partial charge in [-0.1, -0.05) is 13.8 Å². The molecule has 0 radical (unpaired) electrons. The van der Waals surface area contributed by atoms with E-state index in [4.69, 9.17) is 0 Å². The number of hydrogen-bond donors (Lipinski definition) is 1. The van der Waals surface area contributed by atoms with Crippen molar-refractivity contribution < 1.29 is 8.42 Å². The van der Waals surface area contributed by atoms with E-state index in [2.05, 4.69) is 5.32 Å². The smallest absolute Gasteiger partial charge is 0.214 e. The normalized spacial score (nSPS) is 12.3. The minimum atomic E-state index is -3.00. The van der Waals surface area contributed by atoms with Crippen molar-refractivity contribution in [3.63, 3.8) is 0 Å². The van der Waals surface area contributed by atoms with Gasteiger partial charge in [-0.05, 0) is 26.4 Å². The summed E-state index contributed by atoms with van der Waals surface area (Å²) in [4.78, 5) is 0. The van der Waals surface area contributed by atoms with Crippen LogP contribution in [-0.4, -0.2) is 45.2 Å². The van der Waals surface area contributed by atoms with Gasteiger partial charge in [0.25, 0.3) is 0 Å². The topological polar surface area (TPSA) is 49.4 Å². The summed E-state index contributed by atoms with van der Waals surface area (Å²) in [6.45, 7) is 5.77. The Hall–Kier alpha value is -0.130. The highest BCUT2D eigenvalue weighted by atomic mass is 32.2. The van der Waals surface area contributed by atoms with Crippen LogP contribution in [0, 0.1) is 0 Å².